The van der Waals surface area contributed by atoms with Crippen LogP contribution in [0.3, 0.4) is 0 Å². The van der Waals surface area contributed by atoms with Crippen molar-refractivity contribution in [3.63, 3.8) is 0 Å². The van der Waals surface area contributed by atoms with Crippen molar-refractivity contribution in [1.82, 2.24) is 5.32 Å². The molecule has 0 saturated heterocycles. The highest BCUT2D eigenvalue weighted by Gasteiger charge is 2.17. The van der Waals surface area contributed by atoms with Crippen molar-refractivity contribution in [2.45, 2.75) is 25.9 Å². The summed E-state index contributed by atoms with van der Waals surface area (Å²) in [5.41, 5.74) is 1.25. The molecule has 2 aromatic rings. The normalized spacial score (nSPS) is 13.9. The minimum absolute atomic E-state index is 0.0384. The molecule has 0 heterocycles. The first-order valence-electron chi connectivity index (χ1n) is 6.51. The van der Waals surface area contributed by atoms with Gasteiger partial charge in [-0.1, -0.05) is 18.2 Å². The van der Waals surface area contributed by atoms with E-state index < -0.39 is 0 Å². The van der Waals surface area contributed by atoms with Crippen LogP contribution < -0.4 is 5.32 Å². The van der Waals surface area contributed by atoms with Gasteiger partial charge >= 0.3 is 0 Å². The van der Waals surface area contributed by atoms with Crippen LogP contribution in [0.4, 0.5) is 4.39 Å². The number of benzene rings is 2. The van der Waals surface area contributed by atoms with E-state index in [0.717, 1.165) is 5.56 Å². The molecule has 20 heavy (non-hydrogen) atoms. The largest absolute Gasteiger partial charge is 0.507 e. The second-order valence-electron chi connectivity index (χ2n) is 4.87. The molecule has 0 aliphatic rings. The minimum Gasteiger partial charge on any atom is -0.507 e. The van der Waals surface area contributed by atoms with Gasteiger partial charge in [0.2, 0.25) is 0 Å². The third kappa shape index (κ3) is 3.08. The summed E-state index contributed by atoms with van der Waals surface area (Å²) in [4.78, 5) is 0. The van der Waals surface area contributed by atoms with Crippen molar-refractivity contribution in [3.8, 4) is 11.5 Å². The molecule has 0 bridgehead atoms. The molecule has 0 saturated carbocycles. The fourth-order valence-electron chi connectivity index (χ4n) is 2.32. The van der Waals surface area contributed by atoms with E-state index in [1.807, 2.05) is 19.9 Å². The molecule has 0 spiro atoms. The minimum atomic E-state index is -0.283. The quantitative estimate of drug-likeness (QED) is 0.798. The van der Waals surface area contributed by atoms with Gasteiger partial charge < -0.3 is 15.5 Å². The zero-order valence-corrected chi connectivity index (χ0v) is 11.5. The molecule has 2 rings (SSSR count). The molecule has 3 N–H and O–H groups in total. The molecule has 106 valence electrons. The number of phenolic OH excluding ortho intramolecular Hbond substituents is 2. The molecule has 3 nitrogen and oxygen atoms in total. The maximum atomic E-state index is 13.2. The van der Waals surface area contributed by atoms with Gasteiger partial charge in [0.25, 0.3) is 0 Å². The fourth-order valence-corrected chi connectivity index (χ4v) is 2.32. The number of hydrogen-bond donors (Lipinski definition) is 3. The Morgan fingerprint density at radius 3 is 2.15 bits per heavy atom. The van der Waals surface area contributed by atoms with Gasteiger partial charge in [-0.2, -0.15) is 0 Å². The summed E-state index contributed by atoms with van der Waals surface area (Å²) in [6, 6.07) is 10.6. The predicted octanol–water partition coefficient (Wildman–Crippen LogP) is 3.65. The van der Waals surface area contributed by atoms with Gasteiger partial charge in [0.05, 0.1) is 5.56 Å². The monoisotopic (exact) mass is 275 g/mol. The van der Waals surface area contributed by atoms with E-state index in [9.17, 15) is 14.6 Å². The lowest BCUT2D eigenvalue weighted by Gasteiger charge is -2.22. The summed E-state index contributed by atoms with van der Waals surface area (Å²) < 4.78 is 13.2. The van der Waals surface area contributed by atoms with Crippen LogP contribution in [-0.2, 0) is 0 Å². The molecule has 2 aromatic carbocycles. The Morgan fingerprint density at radius 1 is 0.950 bits per heavy atom. The smallest absolute Gasteiger partial charge is 0.124 e. The van der Waals surface area contributed by atoms with Crippen molar-refractivity contribution in [2.24, 2.45) is 0 Å². The van der Waals surface area contributed by atoms with Gasteiger partial charge in [0.15, 0.2) is 0 Å². The van der Waals surface area contributed by atoms with Crippen LogP contribution in [0.25, 0.3) is 0 Å². The Kier molecular flexibility index (Phi) is 4.25. The molecule has 0 radical (unpaired) electrons. The summed E-state index contributed by atoms with van der Waals surface area (Å²) >= 11 is 0. The number of nitrogens with one attached hydrogen (secondary N) is 1. The van der Waals surface area contributed by atoms with Crippen LogP contribution in [0.1, 0.15) is 37.1 Å². The van der Waals surface area contributed by atoms with Crippen LogP contribution in [0.15, 0.2) is 42.5 Å². The van der Waals surface area contributed by atoms with Crippen LogP contribution >= 0.6 is 0 Å². The highest BCUT2D eigenvalue weighted by Crippen LogP contribution is 2.33. The molecule has 0 fully saturated rings. The van der Waals surface area contributed by atoms with E-state index in [1.54, 1.807) is 12.1 Å². The Hall–Kier alpha value is -2.07. The summed E-state index contributed by atoms with van der Waals surface area (Å²) in [6.07, 6.45) is 0. The third-order valence-electron chi connectivity index (χ3n) is 3.34. The van der Waals surface area contributed by atoms with Crippen molar-refractivity contribution < 1.29 is 14.6 Å². The van der Waals surface area contributed by atoms with E-state index in [0.29, 0.717) is 5.56 Å². The highest BCUT2D eigenvalue weighted by atomic mass is 19.1. The van der Waals surface area contributed by atoms with Gasteiger partial charge in [0.1, 0.15) is 17.3 Å². The Bertz CT molecular complexity index is 581. The van der Waals surface area contributed by atoms with Gasteiger partial charge in [-0.15, -0.1) is 0 Å². The summed E-state index contributed by atoms with van der Waals surface area (Å²) in [5.74, 6) is -0.206. The maximum absolute atomic E-state index is 13.2. The van der Waals surface area contributed by atoms with Crippen molar-refractivity contribution in [1.29, 1.82) is 0 Å². The standard InChI is InChI=1S/C16H18FNO2/c1-10(12-5-3-6-13(17)9-12)18-11(2)16-14(19)7-4-8-15(16)20/h3-11,18-20H,1-2H3/t10-,11?/m0/s1. The van der Waals surface area contributed by atoms with Crippen LogP contribution in [0.2, 0.25) is 0 Å². The van der Waals surface area contributed by atoms with Crippen molar-refractivity contribution >= 4 is 0 Å². The van der Waals surface area contributed by atoms with Crippen LogP contribution in [-0.4, -0.2) is 10.2 Å². The number of halogens is 1. The summed E-state index contributed by atoms with van der Waals surface area (Å²) in [6.45, 7) is 3.74. The average Bonchev–Trinajstić information content (AvgIpc) is 2.38. The van der Waals surface area contributed by atoms with E-state index in [4.69, 9.17) is 0 Å². The van der Waals surface area contributed by atoms with Crippen molar-refractivity contribution in [3.05, 3.63) is 59.4 Å². The zero-order valence-electron chi connectivity index (χ0n) is 11.5. The molecular formula is C16H18FNO2. The van der Waals surface area contributed by atoms with Crippen molar-refractivity contribution in [2.75, 3.05) is 0 Å². The second kappa shape index (κ2) is 5.92. The molecule has 1 unspecified atom stereocenters. The number of aromatic hydroxyl groups is 2. The topological polar surface area (TPSA) is 52.5 Å². The lowest BCUT2D eigenvalue weighted by molar-refractivity contribution is 0.407. The van der Waals surface area contributed by atoms with Crippen LogP contribution in [0.5, 0.6) is 11.5 Å². The maximum Gasteiger partial charge on any atom is 0.124 e. The third-order valence-corrected chi connectivity index (χ3v) is 3.34. The first-order valence-corrected chi connectivity index (χ1v) is 6.51. The van der Waals surface area contributed by atoms with Gasteiger partial charge in [0, 0.05) is 12.1 Å². The molecule has 0 aliphatic carbocycles. The van der Waals surface area contributed by atoms with E-state index >= 15 is 0 Å². The van der Waals surface area contributed by atoms with Gasteiger partial charge in [-0.25, -0.2) is 4.39 Å². The molecule has 0 amide bonds. The highest BCUT2D eigenvalue weighted by molar-refractivity contribution is 5.45. The zero-order chi connectivity index (χ0) is 14.7. The summed E-state index contributed by atoms with van der Waals surface area (Å²) in [7, 11) is 0. The van der Waals surface area contributed by atoms with E-state index in [-0.39, 0.29) is 29.4 Å². The van der Waals surface area contributed by atoms with Gasteiger partial charge in [-0.05, 0) is 43.7 Å². The SMILES string of the molecule is CC(N[C@@H](C)c1cccc(F)c1)c1c(O)cccc1O. The van der Waals surface area contributed by atoms with E-state index in [1.165, 1.54) is 24.3 Å². The lowest BCUT2D eigenvalue weighted by atomic mass is 10.0. The number of phenols is 2. The Balaban J connectivity index is 2.17. The van der Waals surface area contributed by atoms with Crippen LogP contribution in [0, 0.1) is 5.82 Å². The first kappa shape index (κ1) is 14.3. The second-order valence-corrected chi connectivity index (χ2v) is 4.87. The Morgan fingerprint density at radius 2 is 1.55 bits per heavy atom. The number of hydrogen-bond acceptors (Lipinski definition) is 3. The summed E-state index contributed by atoms with van der Waals surface area (Å²) in [5, 5.41) is 22.9. The molecular weight excluding hydrogens is 257 g/mol. The number of rotatable bonds is 4. The predicted molar refractivity (Wildman–Crippen MR) is 76.1 cm³/mol. The molecule has 2 atom stereocenters. The lowest BCUT2D eigenvalue weighted by Crippen LogP contribution is -2.22. The molecule has 4 heteroatoms. The fraction of sp³-hybridized carbons (Fsp3) is 0.250. The first-order chi connectivity index (χ1) is 9.49. The molecule has 0 aromatic heterocycles. The Labute approximate surface area is 117 Å². The molecule has 0 aliphatic heterocycles. The van der Waals surface area contributed by atoms with E-state index in [2.05, 4.69) is 5.32 Å². The average molecular weight is 275 g/mol. The van der Waals surface area contributed by atoms with Gasteiger partial charge in [-0.3, -0.25) is 0 Å².